The van der Waals surface area contributed by atoms with Gasteiger partial charge in [0.05, 0.1) is 30.0 Å². The third-order valence-electron chi connectivity index (χ3n) is 3.80. The zero-order valence-corrected chi connectivity index (χ0v) is 15.5. The van der Waals surface area contributed by atoms with Gasteiger partial charge in [-0.3, -0.25) is 9.59 Å². The number of nitriles is 2. The van der Waals surface area contributed by atoms with Crippen molar-refractivity contribution in [3.63, 3.8) is 0 Å². The number of amides is 1. The topological polar surface area (TPSA) is 112 Å². The second-order valence-electron chi connectivity index (χ2n) is 5.78. The molecule has 1 amide bonds. The molecular formula is C21H19N3O4. The number of rotatable bonds is 8. The lowest BCUT2D eigenvalue weighted by Gasteiger charge is -2.17. The zero-order valence-electron chi connectivity index (χ0n) is 15.5. The van der Waals surface area contributed by atoms with Crippen LogP contribution in [0.3, 0.4) is 0 Å². The summed E-state index contributed by atoms with van der Waals surface area (Å²) in [6.45, 7) is 3.66. The van der Waals surface area contributed by atoms with Crippen molar-refractivity contribution in [2.24, 2.45) is 5.92 Å². The summed E-state index contributed by atoms with van der Waals surface area (Å²) in [5, 5.41) is 20.8. The van der Waals surface area contributed by atoms with Gasteiger partial charge in [-0.25, -0.2) is 0 Å². The molecule has 0 heterocycles. The van der Waals surface area contributed by atoms with Gasteiger partial charge >= 0.3 is 0 Å². The summed E-state index contributed by atoms with van der Waals surface area (Å²) in [7, 11) is 0. The number of para-hydroxylation sites is 2. The van der Waals surface area contributed by atoms with Crippen LogP contribution >= 0.6 is 0 Å². The largest absolute Gasteiger partial charge is 0.492 e. The van der Waals surface area contributed by atoms with Crippen LogP contribution in [-0.4, -0.2) is 24.4 Å². The smallest absolute Gasteiger partial charge is 0.249 e. The van der Waals surface area contributed by atoms with Crippen molar-refractivity contribution >= 4 is 17.4 Å². The molecule has 0 bridgehead atoms. The lowest BCUT2D eigenvalue weighted by molar-refractivity contribution is -0.133. The van der Waals surface area contributed by atoms with Crippen LogP contribution < -0.4 is 14.8 Å². The van der Waals surface area contributed by atoms with E-state index in [0.717, 1.165) is 0 Å². The molecule has 0 saturated heterocycles. The zero-order chi connectivity index (χ0) is 20.5. The van der Waals surface area contributed by atoms with E-state index in [1.165, 1.54) is 13.0 Å². The summed E-state index contributed by atoms with van der Waals surface area (Å²) in [5.41, 5.74) is 0.747. The van der Waals surface area contributed by atoms with Crippen molar-refractivity contribution in [1.82, 2.24) is 0 Å². The third kappa shape index (κ3) is 5.09. The Balaban J connectivity index is 2.11. The molecule has 7 nitrogen and oxygen atoms in total. The molecule has 0 radical (unpaired) electrons. The van der Waals surface area contributed by atoms with Crippen molar-refractivity contribution in [2.45, 2.75) is 20.0 Å². The number of Topliss-reactive ketones (excluding diaryl/α,β-unsaturated/α-hetero) is 1. The fourth-order valence-electron chi connectivity index (χ4n) is 2.44. The van der Waals surface area contributed by atoms with Crippen molar-refractivity contribution < 1.29 is 19.1 Å². The van der Waals surface area contributed by atoms with Crippen molar-refractivity contribution in [3.05, 3.63) is 54.1 Å². The van der Waals surface area contributed by atoms with Gasteiger partial charge in [0.15, 0.2) is 17.8 Å². The number of carbonyl (C=O) groups excluding carboxylic acids is 2. The second-order valence-corrected chi connectivity index (χ2v) is 5.78. The number of ketones is 1. The molecule has 0 aliphatic heterocycles. The van der Waals surface area contributed by atoms with E-state index in [1.807, 2.05) is 6.07 Å². The molecule has 1 N–H and O–H groups in total. The number of nitrogens with zero attached hydrogens (tertiary/aromatic N) is 2. The van der Waals surface area contributed by atoms with Crippen molar-refractivity contribution in [2.75, 3.05) is 11.9 Å². The number of benzene rings is 2. The third-order valence-corrected chi connectivity index (χ3v) is 3.80. The fraction of sp³-hybridized carbons (Fsp3) is 0.238. The number of hydrogen-bond donors (Lipinski definition) is 1. The first-order valence-electron chi connectivity index (χ1n) is 8.63. The van der Waals surface area contributed by atoms with E-state index in [1.54, 1.807) is 55.5 Å². The molecule has 2 atom stereocenters. The molecule has 142 valence electrons. The first-order valence-corrected chi connectivity index (χ1v) is 8.63. The molecular weight excluding hydrogens is 358 g/mol. The van der Waals surface area contributed by atoms with Crippen LogP contribution in [0.1, 0.15) is 19.4 Å². The minimum Gasteiger partial charge on any atom is -0.492 e. The Hall–Kier alpha value is -3.84. The molecule has 7 heteroatoms. The Morgan fingerprint density at radius 2 is 1.89 bits per heavy atom. The summed E-state index contributed by atoms with van der Waals surface area (Å²) >= 11 is 0. The van der Waals surface area contributed by atoms with Gasteiger partial charge in [-0.05, 0) is 44.2 Å². The highest BCUT2D eigenvalue weighted by Crippen LogP contribution is 2.24. The van der Waals surface area contributed by atoms with Crippen LogP contribution in [0.4, 0.5) is 5.69 Å². The Labute approximate surface area is 163 Å². The van der Waals surface area contributed by atoms with E-state index in [0.29, 0.717) is 29.4 Å². The summed E-state index contributed by atoms with van der Waals surface area (Å²) in [6, 6.07) is 16.7. The van der Waals surface area contributed by atoms with Crippen LogP contribution in [0.25, 0.3) is 0 Å². The molecule has 0 fully saturated rings. The summed E-state index contributed by atoms with van der Waals surface area (Å²) in [5.74, 6) is -2.25. The summed E-state index contributed by atoms with van der Waals surface area (Å²) in [6.07, 6.45) is -1.05. The lowest BCUT2D eigenvalue weighted by Crippen LogP contribution is -2.37. The SMILES string of the molecule is CCOc1ccccc1NC(=O)C(C#N)C(=O)C(C)Oc1cccc(C#N)c1. The summed E-state index contributed by atoms with van der Waals surface area (Å²) < 4.78 is 10.9. The molecule has 0 aliphatic carbocycles. The molecule has 0 spiro atoms. The molecule has 0 aromatic heterocycles. The normalized spacial score (nSPS) is 12.0. The predicted octanol–water partition coefficient (Wildman–Crippen LogP) is 3.07. The van der Waals surface area contributed by atoms with Crippen molar-refractivity contribution in [3.8, 4) is 23.6 Å². The number of nitrogens with one attached hydrogen (secondary N) is 1. The van der Waals surface area contributed by atoms with E-state index < -0.39 is 23.7 Å². The van der Waals surface area contributed by atoms with E-state index in [4.69, 9.17) is 14.7 Å². The first kappa shape index (κ1) is 20.5. The Morgan fingerprint density at radius 3 is 2.57 bits per heavy atom. The lowest BCUT2D eigenvalue weighted by atomic mass is 10.0. The molecule has 28 heavy (non-hydrogen) atoms. The molecule has 2 rings (SSSR count). The first-order chi connectivity index (χ1) is 13.5. The highest BCUT2D eigenvalue weighted by molar-refractivity contribution is 6.11. The maximum Gasteiger partial charge on any atom is 0.249 e. The number of carbonyl (C=O) groups is 2. The maximum absolute atomic E-state index is 12.6. The molecule has 2 unspecified atom stereocenters. The average Bonchev–Trinajstić information content (AvgIpc) is 2.70. The van der Waals surface area contributed by atoms with Gasteiger partial charge in [0.2, 0.25) is 5.91 Å². The predicted molar refractivity (Wildman–Crippen MR) is 102 cm³/mol. The van der Waals surface area contributed by atoms with E-state index in [-0.39, 0.29) is 0 Å². The van der Waals surface area contributed by atoms with Gasteiger partial charge in [-0.1, -0.05) is 18.2 Å². The van der Waals surface area contributed by atoms with Gasteiger partial charge in [-0.2, -0.15) is 10.5 Å². The van der Waals surface area contributed by atoms with Gasteiger partial charge < -0.3 is 14.8 Å². The van der Waals surface area contributed by atoms with Crippen LogP contribution in [0, 0.1) is 28.6 Å². The highest BCUT2D eigenvalue weighted by atomic mass is 16.5. The van der Waals surface area contributed by atoms with E-state index >= 15 is 0 Å². The molecule has 2 aromatic carbocycles. The molecule has 0 saturated carbocycles. The van der Waals surface area contributed by atoms with Gasteiger partial charge in [0, 0.05) is 0 Å². The van der Waals surface area contributed by atoms with Crippen LogP contribution in [0.5, 0.6) is 11.5 Å². The minimum atomic E-state index is -1.55. The van der Waals surface area contributed by atoms with Gasteiger partial charge in [-0.15, -0.1) is 0 Å². The number of anilines is 1. The minimum absolute atomic E-state index is 0.304. The van der Waals surface area contributed by atoms with E-state index in [9.17, 15) is 14.9 Å². The fourth-order valence-corrected chi connectivity index (χ4v) is 2.44. The van der Waals surface area contributed by atoms with Gasteiger partial charge in [0.25, 0.3) is 0 Å². The Kier molecular flexibility index (Phi) is 7.13. The standard InChI is InChI=1S/C21H19N3O4/c1-3-27-19-10-5-4-9-18(19)24-21(26)17(13-23)20(25)14(2)28-16-8-6-7-15(11-16)12-22/h4-11,14,17H,3H2,1-2H3,(H,24,26). The van der Waals surface area contributed by atoms with Crippen molar-refractivity contribution in [1.29, 1.82) is 10.5 Å². The molecule has 0 aliphatic rings. The molecule has 2 aromatic rings. The highest BCUT2D eigenvalue weighted by Gasteiger charge is 2.32. The average molecular weight is 377 g/mol. The quantitative estimate of drug-likeness (QED) is 0.708. The van der Waals surface area contributed by atoms with Gasteiger partial charge in [0.1, 0.15) is 11.5 Å². The number of hydrogen-bond acceptors (Lipinski definition) is 6. The van der Waals surface area contributed by atoms with Crippen LogP contribution in [0.2, 0.25) is 0 Å². The van der Waals surface area contributed by atoms with Crippen LogP contribution in [0.15, 0.2) is 48.5 Å². The monoisotopic (exact) mass is 377 g/mol. The summed E-state index contributed by atoms with van der Waals surface area (Å²) in [4.78, 5) is 25.1. The second kappa shape index (κ2) is 9.75. The van der Waals surface area contributed by atoms with Crippen LogP contribution in [-0.2, 0) is 9.59 Å². The number of ether oxygens (including phenoxy) is 2. The Bertz CT molecular complexity index is 943. The van der Waals surface area contributed by atoms with E-state index in [2.05, 4.69) is 5.32 Å². The Morgan fingerprint density at radius 1 is 1.14 bits per heavy atom. The maximum atomic E-state index is 12.6.